The molecule has 1 atom stereocenters. The largest absolute Gasteiger partial charge is 0.396 e. The third kappa shape index (κ3) is 3.10. The Balaban J connectivity index is 2.01. The predicted octanol–water partition coefficient (Wildman–Crippen LogP) is 1.41. The van der Waals surface area contributed by atoms with E-state index in [9.17, 15) is 4.21 Å². The molecule has 0 saturated heterocycles. The molecule has 0 aliphatic heterocycles. The Morgan fingerprint density at radius 2 is 1.94 bits per heavy atom. The van der Waals surface area contributed by atoms with Crippen LogP contribution in [0, 0.1) is 0 Å². The number of anilines is 1. The van der Waals surface area contributed by atoms with E-state index >= 15 is 0 Å². The van der Waals surface area contributed by atoms with Crippen molar-refractivity contribution in [3.63, 3.8) is 0 Å². The van der Waals surface area contributed by atoms with Gasteiger partial charge in [-0.15, -0.1) is 0 Å². The van der Waals surface area contributed by atoms with Crippen LogP contribution in [0.25, 0.3) is 0 Å². The van der Waals surface area contributed by atoms with Gasteiger partial charge in [0.2, 0.25) is 0 Å². The Labute approximate surface area is 102 Å². The lowest BCUT2D eigenvalue weighted by Crippen LogP contribution is -2.07. The molecule has 0 aliphatic carbocycles. The van der Waals surface area contributed by atoms with Crippen molar-refractivity contribution in [2.45, 2.75) is 11.4 Å². The fraction of sp³-hybridized carbons (Fsp3) is 0.167. The topological polar surface area (TPSA) is 68.9 Å². The summed E-state index contributed by atoms with van der Waals surface area (Å²) in [6, 6.07) is 9.13. The number of pyridine rings is 2. The lowest BCUT2D eigenvalue weighted by molar-refractivity contribution is 0.679. The number of nitrogen functional groups attached to an aromatic ring is 1. The summed E-state index contributed by atoms with van der Waals surface area (Å²) in [5.74, 6) is 0.484. The van der Waals surface area contributed by atoms with Gasteiger partial charge in [-0.2, -0.15) is 0 Å². The maximum Gasteiger partial charge on any atom is 0.150 e. The van der Waals surface area contributed by atoms with E-state index < -0.39 is 10.8 Å². The predicted molar refractivity (Wildman–Crippen MR) is 67.9 cm³/mol. The summed E-state index contributed by atoms with van der Waals surface area (Å²) in [6.45, 7) is 0. The summed E-state index contributed by atoms with van der Waals surface area (Å²) in [5.41, 5.74) is 7.12. The normalized spacial score (nSPS) is 12.2. The van der Waals surface area contributed by atoms with Crippen molar-refractivity contribution in [1.82, 2.24) is 9.97 Å². The molecule has 1 unspecified atom stereocenters. The second kappa shape index (κ2) is 5.54. The van der Waals surface area contributed by atoms with Crippen LogP contribution in [0.15, 0.2) is 47.8 Å². The fourth-order valence-corrected chi connectivity index (χ4v) is 2.53. The molecular weight excluding hydrogens is 234 g/mol. The van der Waals surface area contributed by atoms with Gasteiger partial charge in [-0.05, 0) is 24.3 Å². The molecule has 2 aromatic rings. The maximum atomic E-state index is 12.0. The first-order valence-electron chi connectivity index (χ1n) is 5.26. The van der Waals surface area contributed by atoms with Gasteiger partial charge in [0.15, 0.2) is 0 Å². The molecule has 4 nitrogen and oxygen atoms in total. The monoisotopic (exact) mass is 247 g/mol. The lowest BCUT2D eigenvalue weighted by atomic mass is 10.3. The van der Waals surface area contributed by atoms with Crippen LogP contribution in [-0.2, 0) is 17.2 Å². The van der Waals surface area contributed by atoms with E-state index in [1.807, 2.05) is 18.2 Å². The number of nitrogens with zero attached hydrogens (tertiary/aromatic N) is 2. The standard InChI is InChI=1S/C12H13N3OS/c13-11-5-3-8-15-12(11)17(16)9-6-10-4-1-2-7-14-10/h1-5,7-8H,6,9,13H2. The molecule has 0 fully saturated rings. The molecule has 0 saturated carbocycles. The number of nitrogens with two attached hydrogens (primary N) is 1. The highest BCUT2D eigenvalue weighted by atomic mass is 32.2. The fourth-order valence-electron chi connectivity index (χ4n) is 1.43. The molecule has 17 heavy (non-hydrogen) atoms. The molecule has 0 aromatic carbocycles. The average molecular weight is 247 g/mol. The van der Waals surface area contributed by atoms with Gasteiger partial charge < -0.3 is 5.73 Å². The summed E-state index contributed by atoms with van der Waals surface area (Å²) in [5, 5.41) is 0.462. The Bertz CT molecular complexity index is 516. The van der Waals surface area contributed by atoms with E-state index in [-0.39, 0.29) is 0 Å². The van der Waals surface area contributed by atoms with E-state index in [4.69, 9.17) is 5.73 Å². The number of hydrogen-bond acceptors (Lipinski definition) is 4. The van der Waals surface area contributed by atoms with Crippen LogP contribution in [0.1, 0.15) is 5.69 Å². The van der Waals surface area contributed by atoms with Crippen LogP contribution >= 0.6 is 0 Å². The van der Waals surface area contributed by atoms with Crippen LogP contribution in [0.4, 0.5) is 5.69 Å². The molecule has 2 rings (SSSR count). The second-order valence-electron chi connectivity index (χ2n) is 3.52. The van der Waals surface area contributed by atoms with Crippen LogP contribution in [0.5, 0.6) is 0 Å². The van der Waals surface area contributed by atoms with Gasteiger partial charge in [-0.25, -0.2) is 4.98 Å². The SMILES string of the molecule is Nc1cccnc1S(=O)CCc1ccccn1. The van der Waals surface area contributed by atoms with Crippen molar-refractivity contribution in [3.8, 4) is 0 Å². The molecule has 5 heteroatoms. The lowest BCUT2D eigenvalue weighted by Gasteiger charge is -2.03. The summed E-state index contributed by atoms with van der Waals surface area (Å²) in [6.07, 6.45) is 3.99. The van der Waals surface area contributed by atoms with Gasteiger partial charge in [0.1, 0.15) is 5.03 Å². The second-order valence-corrected chi connectivity index (χ2v) is 5.00. The number of aromatic nitrogens is 2. The Hall–Kier alpha value is -1.75. The Morgan fingerprint density at radius 1 is 1.12 bits per heavy atom. The first-order valence-corrected chi connectivity index (χ1v) is 6.58. The molecular formula is C12H13N3OS. The van der Waals surface area contributed by atoms with Gasteiger partial charge in [0.25, 0.3) is 0 Å². The number of hydrogen-bond donors (Lipinski definition) is 1. The summed E-state index contributed by atoms with van der Waals surface area (Å²) < 4.78 is 12.0. The summed E-state index contributed by atoms with van der Waals surface area (Å²) >= 11 is 0. The average Bonchev–Trinajstić information content (AvgIpc) is 2.38. The van der Waals surface area contributed by atoms with E-state index in [2.05, 4.69) is 9.97 Å². The van der Waals surface area contributed by atoms with E-state index in [1.54, 1.807) is 24.5 Å². The molecule has 2 heterocycles. The van der Waals surface area contributed by atoms with Crippen LogP contribution in [0.2, 0.25) is 0 Å². The van der Waals surface area contributed by atoms with Crippen LogP contribution in [-0.4, -0.2) is 19.9 Å². The highest BCUT2D eigenvalue weighted by Crippen LogP contribution is 2.12. The van der Waals surface area contributed by atoms with Gasteiger partial charge in [-0.1, -0.05) is 6.07 Å². The van der Waals surface area contributed by atoms with Crippen molar-refractivity contribution < 1.29 is 4.21 Å². The van der Waals surface area contributed by atoms with Crippen LogP contribution in [0.3, 0.4) is 0 Å². The third-order valence-corrected chi connectivity index (χ3v) is 3.63. The Kier molecular flexibility index (Phi) is 3.82. The minimum atomic E-state index is -1.17. The Morgan fingerprint density at radius 3 is 2.65 bits per heavy atom. The zero-order valence-electron chi connectivity index (χ0n) is 9.24. The highest BCUT2D eigenvalue weighted by Gasteiger charge is 2.09. The zero-order chi connectivity index (χ0) is 12.1. The number of aryl methyl sites for hydroxylation is 1. The molecule has 0 aliphatic rings. The van der Waals surface area contributed by atoms with E-state index in [1.165, 1.54) is 0 Å². The third-order valence-electron chi connectivity index (χ3n) is 2.29. The molecule has 0 spiro atoms. The van der Waals surface area contributed by atoms with Crippen molar-refractivity contribution >= 4 is 16.5 Å². The molecule has 0 radical (unpaired) electrons. The molecule has 0 bridgehead atoms. The zero-order valence-corrected chi connectivity index (χ0v) is 10.1. The van der Waals surface area contributed by atoms with Crippen molar-refractivity contribution in [3.05, 3.63) is 48.4 Å². The highest BCUT2D eigenvalue weighted by molar-refractivity contribution is 7.85. The minimum absolute atomic E-state index is 0.462. The summed E-state index contributed by atoms with van der Waals surface area (Å²) in [7, 11) is -1.17. The molecule has 0 amide bonds. The first-order chi connectivity index (χ1) is 8.27. The molecule has 2 aromatic heterocycles. The van der Waals surface area contributed by atoms with Gasteiger partial charge in [0, 0.05) is 30.3 Å². The van der Waals surface area contributed by atoms with E-state index in [0.717, 1.165) is 5.69 Å². The molecule has 2 N–H and O–H groups in total. The number of rotatable bonds is 4. The van der Waals surface area contributed by atoms with Crippen molar-refractivity contribution in [2.24, 2.45) is 0 Å². The van der Waals surface area contributed by atoms with Crippen molar-refractivity contribution in [2.75, 3.05) is 11.5 Å². The molecule has 88 valence electrons. The minimum Gasteiger partial charge on any atom is -0.396 e. The van der Waals surface area contributed by atoms with Gasteiger partial charge >= 0.3 is 0 Å². The van der Waals surface area contributed by atoms with Gasteiger partial charge in [-0.3, -0.25) is 9.19 Å². The maximum absolute atomic E-state index is 12.0. The van der Waals surface area contributed by atoms with Crippen LogP contribution < -0.4 is 5.73 Å². The van der Waals surface area contributed by atoms with E-state index in [0.29, 0.717) is 22.9 Å². The van der Waals surface area contributed by atoms with Crippen molar-refractivity contribution in [1.29, 1.82) is 0 Å². The summed E-state index contributed by atoms with van der Waals surface area (Å²) in [4.78, 5) is 8.23. The van der Waals surface area contributed by atoms with Gasteiger partial charge in [0.05, 0.1) is 16.5 Å². The smallest absolute Gasteiger partial charge is 0.150 e. The quantitative estimate of drug-likeness (QED) is 0.887. The first kappa shape index (κ1) is 11.7.